The van der Waals surface area contributed by atoms with Crippen LogP contribution in [0, 0.1) is 5.82 Å². The number of nitrogens with zero attached hydrogens (tertiary/aromatic N) is 3. The first-order valence-corrected chi connectivity index (χ1v) is 11.3. The van der Waals surface area contributed by atoms with E-state index in [9.17, 15) is 9.59 Å². The summed E-state index contributed by atoms with van der Waals surface area (Å²) in [5, 5.41) is 3.74. The lowest BCUT2D eigenvalue weighted by Gasteiger charge is -2.27. The molecule has 1 saturated carbocycles. The summed E-state index contributed by atoms with van der Waals surface area (Å²) in [5.74, 6) is -0.568. The van der Waals surface area contributed by atoms with Gasteiger partial charge in [0.1, 0.15) is 18.2 Å². The third kappa shape index (κ3) is 3.28. The first kappa shape index (κ1) is 21.8. The minimum Gasteiger partial charge on any atom is -0.448 e. The number of carbonyl (C=O) groups is 2. The monoisotopic (exact) mass is 473 g/mol. The van der Waals surface area contributed by atoms with E-state index in [-0.39, 0.29) is 34.4 Å². The summed E-state index contributed by atoms with van der Waals surface area (Å²) in [5.41, 5.74) is 6.92. The Morgan fingerprint density at radius 1 is 1.39 bits per heavy atom. The maximum Gasteiger partial charge on any atom is 0.410 e. The molecule has 3 aliphatic rings. The number of pyridine rings is 1. The van der Waals surface area contributed by atoms with Gasteiger partial charge in [0.25, 0.3) is 5.91 Å². The molecular weight excluding hydrogens is 449 g/mol. The molecule has 1 spiro atoms. The number of amides is 2. The Morgan fingerprint density at radius 2 is 2.18 bits per heavy atom. The molecule has 2 fully saturated rings. The summed E-state index contributed by atoms with van der Waals surface area (Å²) in [6.45, 7) is 1.64. The minimum absolute atomic E-state index is 0.0602. The van der Waals surface area contributed by atoms with Crippen LogP contribution in [-0.2, 0) is 10.2 Å². The Hall–Kier alpha value is -3.07. The second-order valence-corrected chi connectivity index (χ2v) is 9.52. The highest BCUT2D eigenvalue weighted by molar-refractivity contribution is 6.34. The molecule has 2 aliphatic heterocycles. The average molecular weight is 474 g/mol. The SMILES string of the molecule is CN(C)C(=O)c1c(N)ccc(-c2cnc3c(c2Cl)C2(CCC(N4CCOC4=O)C2)CN3)c1F. The molecule has 8 nitrogen and oxygen atoms in total. The van der Waals surface area contributed by atoms with Crippen molar-refractivity contribution in [2.45, 2.75) is 30.7 Å². The second-order valence-electron chi connectivity index (χ2n) is 9.14. The highest BCUT2D eigenvalue weighted by atomic mass is 35.5. The van der Waals surface area contributed by atoms with Crippen molar-refractivity contribution in [2.75, 3.05) is 44.8 Å². The van der Waals surface area contributed by atoms with Crippen molar-refractivity contribution in [3.05, 3.63) is 40.3 Å². The van der Waals surface area contributed by atoms with Crippen molar-refractivity contribution >= 4 is 35.1 Å². The van der Waals surface area contributed by atoms with Crippen LogP contribution in [-0.4, -0.2) is 66.6 Å². The number of cyclic esters (lactones) is 1. The van der Waals surface area contributed by atoms with Gasteiger partial charge in [0, 0.05) is 60.7 Å². The number of rotatable bonds is 3. The first-order valence-electron chi connectivity index (χ1n) is 10.9. The lowest BCUT2D eigenvalue weighted by molar-refractivity contribution is 0.0824. The van der Waals surface area contributed by atoms with Crippen LogP contribution in [0.1, 0.15) is 35.2 Å². The van der Waals surface area contributed by atoms with Gasteiger partial charge in [0.2, 0.25) is 0 Å². The predicted molar refractivity (Wildman–Crippen MR) is 123 cm³/mol. The van der Waals surface area contributed by atoms with Gasteiger partial charge < -0.3 is 25.6 Å². The lowest BCUT2D eigenvalue weighted by Crippen LogP contribution is -2.36. The number of ether oxygens (including phenoxy) is 1. The molecule has 1 saturated heterocycles. The van der Waals surface area contributed by atoms with Crippen molar-refractivity contribution in [3.63, 3.8) is 0 Å². The molecule has 1 aliphatic carbocycles. The topological polar surface area (TPSA) is 101 Å². The minimum atomic E-state index is -0.721. The molecule has 0 bridgehead atoms. The van der Waals surface area contributed by atoms with Crippen molar-refractivity contribution < 1.29 is 18.7 Å². The first-order chi connectivity index (χ1) is 15.7. The number of halogens is 2. The fraction of sp³-hybridized carbons (Fsp3) is 0.435. The number of nitrogen functional groups attached to an aromatic ring is 1. The van der Waals surface area contributed by atoms with E-state index in [2.05, 4.69) is 10.3 Å². The van der Waals surface area contributed by atoms with Gasteiger partial charge in [-0.15, -0.1) is 0 Å². The summed E-state index contributed by atoms with van der Waals surface area (Å²) in [7, 11) is 3.08. The van der Waals surface area contributed by atoms with E-state index in [4.69, 9.17) is 22.1 Å². The molecule has 174 valence electrons. The summed E-state index contributed by atoms with van der Waals surface area (Å²) in [6, 6.07) is 3.10. The van der Waals surface area contributed by atoms with E-state index >= 15 is 4.39 Å². The number of benzene rings is 1. The molecule has 5 rings (SSSR count). The molecule has 1 aromatic heterocycles. The van der Waals surface area contributed by atoms with E-state index in [0.717, 1.165) is 24.8 Å². The Labute approximate surface area is 195 Å². The highest BCUT2D eigenvalue weighted by Gasteiger charge is 2.50. The average Bonchev–Trinajstić information content (AvgIpc) is 3.48. The van der Waals surface area contributed by atoms with Gasteiger partial charge >= 0.3 is 6.09 Å². The Morgan fingerprint density at radius 3 is 2.88 bits per heavy atom. The summed E-state index contributed by atoms with van der Waals surface area (Å²) >= 11 is 6.92. The Bertz CT molecular complexity index is 1170. The quantitative estimate of drug-likeness (QED) is 0.662. The number of nitrogens with two attached hydrogens (primary N) is 1. The molecule has 33 heavy (non-hydrogen) atoms. The molecule has 0 radical (unpaired) electrons. The van der Waals surface area contributed by atoms with Crippen LogP contribution in [0.4, 0.5) is 20.7 Å². The third-order valence-corrected chi connectivity index (χ3v) is 7.43. The second kappa shape index (κ2) is 7.76. The number of hydrogen-bond acceptors (Lipinski definition) is 6. The van der Waals surface area contributed by atoms with Gasteiger partial charge in [0.05, 0.1) is 17.1 Å². The summed E-state index contributed by atoms with van der Waals surface area (Å²) in [4.78, 5) is 32.2. The molecule has 1 aromatic carbocycles. The molecule has 3 heterocycles. The largest absolute Gasteiger partial charge is 0.448 e. The van der Waals surface area contributed by atoms with Crippen molar-refractivity contribution in [2.24, 2.45) is 0 Å². The van der Waals surface area contributed by atoms with Crippen molar-refractivity contribution in [1.29, 1.82) is 0 Å². The van der Waals surface area contributed by atoms with Crippen LogP contribution in [0.3, 0.4) is 0 Å². The third-order valence-electron chi connectivity index (χ3n) is 7.04. The fourth-order valence-corrected chi connectivity index (χ4v) is 5.81. The van der Waals surface area contributed by atoms with Gasteiger partial charge in [-0.3, -0.25) is 4.79 Å². The molecule has 2 unspecified atom stereocenters. The van der Waals surface area contributed by atoms with Crippen LogP contribution in [0.5, 0.6) is 0 Å². The van der Waals surface area contributed by atoms with Crippen LogP contribution in [0.25, 0.3) is 11.1 Å². The van der Waals surface area contributed by atoms with E-state index in [1.807, 2.05) is 0 Å². The molecule has 2 amide bonds. The van der Waals surface area contributed by atoms with Crippen molar-refractivity contribution in [1.82, 2.24) is 14.8 Å². The number of nitrogens with one attached hydrogen (secondary N) is 1. The van der Waals surface area contributed by atoms with Gasteiger partial charge in [-0.1, -0.05) is 11.6 Å². The normalized spacial score (nSPS) is 23.6. The molecule has 3 N–H and O–H groups in total. The molecule has 10 heteroatoms. The van der Waals surface area contributed by atoms with E-state index in [0.29, 0.717) is 36.1 Å². The number of hydrogen-bond donors (Lipinski definition) is 2. The highest BCUT2D eigenvalue weighted by Crippen LogP contribution is 2.53. The zero-order chi connectivity index (χ0) is 23.5. The van der Waals surface area contributed by atoms with Crippen LogP contribution in [0.15, 0.2) is 18.3 Å². The fourth-order valence-electron chi connectivity index (χ4n) is 5.36. The molecule has 2 aromatic rings. The maximum absolute atomic E-state index is 15.6. The van der Waals surface area contributed by atoms with Crippen LogP contribution >= 0.6 is 11.6 Å². The standard InChI is InChI=1S/C23H25ClFN5O3/c1-29(2)21(31)16-15(26)4-3-13(19(16)25)14-10-27-20-17(18(14)24)23(11-28-20)6-5-12(9-23)30-7-8-33-22(30)32/h3-4,10,12H,5-9,11,26H2,1-2H3,(H,27,28). The smallest absolute Gasteiger partial charge is 0.410 e. The maximum atomic E-state index is 15.6. The van der Waals surface area contributed by atoms with E-state index in [1.54, 1.807) is 19.0 Å². The van der Waals surface area contributed by atoms with Gasteiger partial charge in [-0.05, 0) is 31.4 Å². The van der Waals surface area contributed by atoms with Crippen molar-refractivity contribution in [3.8, 4) is 11.1 Å². The predicted octanol–water partition coefficient (Wildman–Crippen LogP) is 3.49. The number of fused-ring (bicyclic) bond motifs is 2. The molecular formula is C23H25ClFN5O3. The zero-order valence-corrected chi connectivity index (χ0v) is 19.2. The van der Waals surface area contributed by atoms with Crippen LogP contribution < -0.4 is 11.1 Å². The summed E-state index contributed by atoms with van der Waals surface area (Å²) in [6.07, 6.45) is 3.62. The molecule has 2 atom stereocenters. The number of anilines is 2. The van der Waals surface area contributed by atoms with Gasteiger partial charge in [0.15, 0.2) is 0 Å². The van der Waals surface area contributed by atoms with Gasteiger partial charge in [-0.25, -0.2) is 14.2 Å². The van der Waals surface area contributed by atoms with E-state index in [1.165, 1.54) is 23.2 Å². The zero-order valence-electron chi connectivity index (χ0n) is 18.5. The lowest BCUT2D eigenvalue weighted by atomic mass is 9.80. The van der Waals surface area contributed by atoms with Crippen LogP contribution in [0.2, 0.25) is 5.02 Å². The Balaban J connectivity index is 1.56. The number of aromatic nitrogens is 1. The summed E-state index contributed by atoms with van der Waals surface area (Å²) < 4.78 is 20.7. The van der Waals surface area contributed by atoms with Gasteiger partial charge in [-0.2, -0.15) is 0 Å². The van der Waals surface area contributed by atoms with E-state index < -0.39 is 11.7 Å². The number of carbonyl (C=O) groups excluding carboxylic acids is 2. The Kier molecular flexibility index (Phi) is 5.12.